The molecular formula is C23H20N6O2S. The summed E-state index contributed by atoms with van der Waals surface area (Å²) in [5.74, 6) is 1.23. The van der Waals surface area contributed by atoms with Crippen molar-refractivity contribution in [1.29, 1.82) is 0 Å². The van der Waals surface area contributed by atoms with Gasteiger partial charge in [0, 0.05) is 29.2 Å². The van der Waals surface area contributed by atoms with E-state index in [0.717, 1.165) is 16.8 Å². The largest absolute Gasteiger partial charge is 0.496 e. The van der Waals surface area contributed by atoms with Crippen molar-refractivity contribution in [3.8, 4) is 22.8 Å². The summed E-state index contributed by atoms with van der Waals surface area (Å²) in [6.45, 7) is 0. The van der Waals surface area contributed by atoms with Gasteiger partial charge in [0.2, 0.25) is 0 Å². The number of benzene rings is 2. The van der Waals surface area contributed by atoms with Gasteiger partial charge in [0.1, 0.15) is 5.75 Å². The smallest absolute Gasteiger partial charge is 0.250 e. The predicted molar refractivity (Wildman–Crippen MR) is 124 cm³/mol. The third-order valence-electron chi connectivity index (χ3n) is 4.45. The molecule has 0 atom stereocenters. The first-order valence-corrected chi connectivity index (χ1v) is 10.7. The molecular weight excluding hydrogens is 424 g/mol. The number of para-hydroxylation sites is 2. The Kier molecular flexibility index (Phi) is 6.88. The Morgan fingerprint density at radius 2 is 1.81 bits per heavy atom. The molecule has 32 heavy (non-hydrogen) atoms. The van der Waals surface area contributed by atoms with Crippen LogP contribution in [0.3, 0.4) is 0 Å². The monoisotopic (exact) mass is 444 g/mol. The molecule has 0 radical (unpaired) electrons. The lowest BCUT2D eigenvalue weighted by molar-refractivity contribution is -0.118. The van der Waals surface area contributed by atoms with Gasteiger partial charge in [-0.1, -0.05) is 42.1 Å². The van der Waals surface area contributed by atoms with E-state index in [0.29, 0.717) is 16.7 Å². The quantitative estimate of drug-likeness (QED) is 0.254. The van der Waals surface area contributed by atoms with E-state index in [1.165, 1.54) is 11.8 Å². The molecule has 4 rings (SSSR count). The first-order valence-electron chi connectivity index (χ1n) is 9.75. The first kappa shape index (κ1) is 21.3. The van der Waals surface area contributed by atoms with E-state index in [1.54, 1.807) is 25.7 Å². The number of pyridine rings is 1. The van der Waals surface area contributed by atoms with Crippen molar-refractivity contribution in [3.63, 3.8) is 0 Å². The summed E-state index contributed by atoms with van der Waals surface area (Å²) in [4.78, 5) is 16.4. The van der Waals surface area contributed by atoms with Crippen LogP contribution in [-0.2, 0) is 4.79 Å². The molecule has 0 aliphatic rings. The second-order valence-electron chi connectivity index (χ2n) is 6.54. The number of thioether (sulfide) groups is 1. The first-order chi connectivity index (χ1) is 15.8. The summed E-state index contributed by atoms with van der Waals surface area (Å²) in [6, 6.07) is 20.9. The molecule has 0 aliphatic heterocycles. The van der Waals surface area contributed by atoms with Crippen LogP contribution in [0.1, 0.15) is 5.56 Å². The fourth-order valence-electron chi connectivity index (χ4n) is 2.97. The van der Waals surface area contributed by atoms with Gasteiger partial charge in [-0.25, -0.2) is 5.43 Å². The fraction of sp³-hybridized carbons (Fsp3) is 0.0870. The molecule has 0 saturated heterocycles. The second-order valence-corrected chi connectivity index (χ2v) is 7.48. The number of nitrogens with zero attached hydrogens (tertiary/aromatic N) is 5. The highest BCUT2D eigenvalue weighted by molar-refractivity contribution is 7.99. The highest BCUT2D eigenvalue weighted by Crippen LogP contribution is 2.27. The van der Waals surface area contributed by atoms with Gasteiger partial charge in [-0.3, -0.25) is 14.3 Å². The molecule has 160 valence electrons. The van der Waals surface area contributed by atoms with Crippen molar-refractivity contribution < 1.29 is 9.53 Å². The van der Waals surface area contributed by atoms with Crippen LogP contribution in [0.2, 0.25) is 0 Å². The van der Waals surface area contributed by atoms with Crippen LogP contribution in [-0.4, -0.2) is 44.7 Å². The highest BCUT2D eigenvalue weighted by atomic mass is 32.2. The molecule has 8 nitrogen and oxygen atoms in total. The minimum Gasteiger partial charge on any atom is -0.496 e. The summed E-state index contributed by atoms with van der Waals surface area (Å²) in [6.07, 6.45) is 4.97. The van der Waals surface area contributed by atoms with Crippen LogP contribution >= 0.6 is 11.8 Å². The molecule has 9 heteroatoms. The van der Waals surface area contributed by atoms with Crippen molar-refractivity contribution in [1.82, 2.24) is 25.2 Å². The van der Waals surface area contributed by atoms with Gasteiger partial charge < -0.3 is 4.74 Å². The lowest BCUT2D eigenvalue weighted by Gasteiger charge is -2.10. The second kappa shape index (κ2) is 10.4. The minimum absolute atomic E-state index is 0.130. The number of hydrogen-bond acceptors (Lipinski definition) is 7. The number of carbonyl (C=O) groups excluding carboxylic acids is 1. The van der Waals surface area contributed by atoms with Crippen LogP contribution in [0.5, 0.6) is 5.75 Å². The third-order valence-corrected chi connectivity index (χ3v) is 5.38. The molecule has 0 spiro atoms. The van der Waals surface area contributed by atoms with Crippen LogP contribution in [0.4, 0.5) is 0 Å². The molecule has 2 aromatic heterocycles. The average Bonchev–Trinajstić information content (AvgIpc) is 3.28. The summed E-state index contributed by atoms with van der Waals surface area (Å²) in [5.41, 5.74) is 5.10. The van der Waals surface area contributed by atoms with Crippen molar-refractivity contribution in [2.75, 3.05) is 12.9 Å². The Labute approximate surface area is 189 Å². The molecule has 0 fully saturated rings. The van der Waals surface area contributed by atoms with E-state index in [-0.39, 0.29) is 11.7 Å². The maximum absolute atomic E-state index is 12.3. The predicted octanol–water partition coefficient (Wildman–Crippen LogP) is 3.58. The number of aromatic nitrogens is 4. The lowest BCUT2D eigenvalue weighted by Crippen LogP contribution is -2.20. The van der Waals surface area contributed by atoms with Crippen LogP contribution in [0.25, 0.3) is 17.1 Å². The van der Waals surface area contributed by atoms with Gasteiger partial charge >= 0.3 is 0 Å². The van der Waals surface area contributed by atoms with Gasteiger partial charge in [0.25, 0.3) is 5.91 Å². The summed E-state index contributed by atoms with van der Waals surface area (Å²) in [5, 5.41) is 13.3. The van der Waals surface area contributed by atoms with Gasteiger partial charge in [-0.2, -0.15) is 5.10 Å². The van der Waals surface area contributed by atoms with E-state index in [9.17, 15) is 4.79 Å². The Morgan fingerprint density at radius 3 is 2.59 bits per heavy atom. The number of amides is 1. The lowest BCUT2D eigenvalue weighted by atomic mass is 10.2. The zero-order valence-electron chi connectivity index (χ0n) is 17.3. The van der Waals surface area contributed by atoms with Crippen LogP contribution in [0, 0.1) is 0 Å². The van der Waals surface area contributed by atoms with Gasteiger partial charge in [0.05, 0.1) is 19.1 Å². The zero-order valence-corrected chi connectivity index (χ0v) is 18.1. The number of rotatable bonds is 8. The van der Waals surface area contributed by atoms with Crippen molar-refractivity contribution in [2.45, 2.75) is 5.16 Å². The standard InChI is InChI=1S/C23H20N6O2S/c1-31-20-10-6-5-7-18(20)15-25-26-21(30)16-32-23-28-27-22(17-11-13-24-14-12-17)29(23)19-8-3-2-4-9-19/h2-15H,16H2,1H3,(H,26,30)/b25-15-. The van der Waals surface area contributed by atoms with E-state index < -0.39 is 0 Å². The molecule has 2 aromatic carbocycles. The molecule has 1 N–H and O–H groups in total. The Balaban J connectivity index is 1.48. The Bertz CT molecular complexity index is 1210. The summed E-state index contributed by atoms with van der Waals surface area (Å²) in [7, 11) is 1.59. The maximum Gasteiger partial charge on any atom is 0.250 e. The molecule has 0 unspecified atom stereocenters. The molecule has 0 bridgehead atoms. The zero-order chi connectivity index (χ0) is 22.2. The SMILES string of the molecule is COc1ccccc1/C=N\NC(=O)CSc1nnc(-c2ccncc2)n1-c1ccccc1. The number of carbonyl (C=O) groups is 1. The Hall–Kier alpha value is -3.98. The van der Waals surface area contributed by atoms with E-state index >= 15 is 0 Å². The van der Waals surface area contributed by atoms with E-state index in [1.807, 2.05) is 71.3 Å². The number of methoxy groups -OCH3 is 1. The van der Waals surface area contributed by atoms with Crippen molar-refractivity contribution in [2.24, 2.45) is 5.10 Å². The van der Waals surface area contributed by atoms with Crippen molar-refractivity contribution >= 4 is 23.9 Å². The highest BCUT2D eigenvalue weighted by Gasteiger charge is 2.17. The third kappa shape index (κ3) is 5.01. The van der Waals surface area contributed by atoms with Gasteiger partial charge in [-0.15, -0.1) is 10.2 Å². The van der Waals surface area contributed by atoms with Gasteiger partial charge in [0.15, 0.2) is 11.0 Å². The number of hydrazone groups is 1. The summed E-state index contributed by atoms with van der Waals surface area (Å²) >= 11 is 1.28. The number of ether oxygens (including phenoxy) is 1. The van der Waals surface area contributed by atoms with Crippen LogP contribution < -0.4 is 10.2 Å². The van der Waals surface area contributed by atoms with Crippen molar-refractivity contribution in [3.05, 3.63) is 84.7 Å². The summed E-state index contributed by atoms with van der Waals surface area (Å²) < 4.78 is 7.19. The molecule has 1 amide bonds. The topological polar surface area (TPSA) is 94.3 Å². The Morgan fingerprint density at radius 1 is 1.06 bits per heavy atom. The molecule has 0 aliphatic carbocycles. The number of nitrogens with one attached hydrogen (secondary N) is 1. The minimum atomic E-state index is -0.255. The molecule has 0 saturated carbocycles. The number of hydrogen-bond donors (Lipinski definition) is 1. The van der Waals surface area contributed by atoms with Crippen LogP contribution in [0.15, 0.2) is 89.4 Å². The van der Waals surface area contributed by atoms with Gasteiger partial charge in [-0.05, 0) is 36.4 Å². The van der Waals surface area contributed by atoms with E-state index in [2.05, 4.69) is 25.7 Å². The maximum atomic E-state index is 12.3. The normalized spacial score (nSPS) is 10.9. The van der Waals surface area contributed by atoms with E-state index in [4.69, 9.17) is 4.74 Å². The molecule has 4 aromatic rings. The fourth-order valence-corrected chi connectivity index (χ4v) is 3.71. The molecule has 2 heterocycles. The average molecular weight is 445 g/mol.